The Morgan fingerprint density at radius 2 is 2.28 bits per heavy atom. The Balaban J connectivity index is 1.93. The van der Waals surface area contributed by atoms with E-state index in [0.29, 0.717) is 22.9 Å². The zero-order valence-corrected chi connectivity index (χ0v) is 12.0. The molecule has 3 nitrogen and oxygen atoms in total. The van der Waals surface area contributed by atoms with Crippen LogP contribution in [-0.2, 0) is 0 Å². The first-order chi connectivity index (χ1) is 8.56. The summed E-state index contributed by atoms with van der Waals surface area (Å²) < 4.78 is 0. The number of benzene rings is 1. The SMILES string of the molecule is Cc1ccc(O)c(C(=O)NCC2CCC(Br)C2)c1. The summed E-state index contributed by atoms with van der Waals surface area (Å²) in [5.41, 5.74) is 1.34. The lowest BCUT2D eigenvalue weighted by Crippen LogP contribution is -2.28. The first-order valence-electron chi connectivity index (χ1n) is 6.28. The largest absolute Gasteiger partial charge is 0.507 e. The molecule has 1 aromatic carbocycles. The van der Waals surface area contributed by atoms with Crippen LogP contribution in [0.4, 0.5) is 0 Å². The number of amides is 1. The number of aromatic hydroxyl groups is 1. The zero-order valence-electron chi connectivity index (χ0n) is 10.4. The van der Waals surface area contributed by atoms with Crippen molar-refractivity contribution in [3.8, 4) is 5.75 Å². The van der Waals surface area contributed by atoms with Crippen LogP contribution >= 0.6 is 15.9 Å². The normalized spacial score (nSPS) is 23.0. The van der Waals surface area contributed by atoms with Gasteiger partial charge in [-0.25, -0.2) is 0 Å². The number of carbonyl (C=O) groups is 1. The number of nitrogens with one attached hydrogen (secondary N) is 1. The lowest BCUT2D eigenvalue weighted by atomic mass is 10.1. The van der Waals surface area contributed by atoms with Gasteiger partial charge in [-0.15, -0.1) is 0 Å². The minimum atomic E-state index is -0.186. The van der Waals surface area contributed by atoms with Crippen molar-refractivity contribution in [2.24, 2.45) is 5.92 Å². The Kier molecular flexibility index (Phi) is 4.27. The Bertz CT molecular complexity index is 447. The molecule has 1 aliphatic rings. The maximum Gasteiger partial charge on any atom is 0.255 e. The average molecular weight is 312 g/mol. The van der Waals surface area contributed by atoms with E-state index in [4.69, 9.17) is 0 Å². The Hall–Kier alpha value is -1.03. The first kappa shape index (κ1) is 13.4. The molecule has 0 radical (unpaired) electrons. The Labute approximate surface area is 116 Å². The lowest BCUT2D eigenvalue weighted by Gasteiger charge is -2.12. The van der Waals surface area contributed by atoms with Gasteiger partial charge in [0.25, 0.3) is 5.91 Å². The van der Waals surface area contributed by atoms with E-state index in [2.05, 4.69) is 21.2 Å². The number of halogens is 1. The molecule has 2 rings (SSSR count). The maximum atomic E-state index is 12.0. The number of aryl methyl sites for hydroxylation is 1. The Morgan fingerprint density at radius 1 is 1.50 bits per heavy atom. The third kappa shape index (κ3) is 3.25. The van der Waals surface area contributed by atoms with Crippen LogP contribution in [0.3, 0.4) is 0 Å². The van der Waals surface area contributed by atoms with Gasteiger partial charge >= 0.3 is 0 Å². The van der Waals surface area contributed by atoms with E-state index in [9.17, 15) is 9.90 Å². The van der Waals surface area contributed by atoms with Crippen LogP contribution in [-0.4, -0.2) is 22.4 Å². The van der Waals surface area contributed by atoms with E-state index in [1.54, 1.807) is 18.2 Å². The van der Waals surface area contributed by atoms with Crippen LogP contribution in [0.1, 0.15) is 35.2 Å². The summed E-state index contributed by atoms with van der Waals surface area (Å²) in [7, 11) is 0. The van der Waals surface area contributed by atoms with Crippen LogP contribution in [0, 0.1) is 12.8 Å². The molecule has 2 unspecified atom stereocenters. The smallest absolute Gasteiger partial charge is 0.255 e. The first-order valence-corrected chi connectivity index (χ1v) is 7.19. The molecular weight excluding hydrogens is 294 g/mol. The van der Waals surface area contributed by atoms with Crippen molar-refractivity contribution < 1.29 is 9.90 Å². The summed E-state index contributed by atoms with van der Waals surface area (Å²) in [6, 6.07) is 5.07. The summed E-state index contributed by atoms with van der Waals surface area (Å²) >= 11 is 3.60. The minimum Gasteiger partial charge on any atom is -0.507 e. The predicted molar refractivity (Wildman–Crippen MR) is 75.2 cm³/mol. The second-order valence-corrected chi connectivity index (χ2v) is 6.30. The van der Waals surface area contributed by atoms with Crippen molar-refractivity contribution in [3.05, 3.63) is 29.3 Å². The molecule has 1 aliphatic carbocycles. The number of phenolic OH excluding ortho intramolecular Hbond substituents is 1. The van der Waals surface area contributed by atoms with Crippen LogP contribution in [0.15, 0.2) is 18.2 Å². The van der Waals surface area contributed by atoms with E-state index in [-0.39, 0.29) is 11.7 Å². The molecule has 1 amide bonds. The highest BCUT2D eigenvalue weighted by atomic mass is 79.9. The summed E-state index contributed by atoms with van der Waals surface area (Å²) in [5.74, 6) is 0.405. The number of alkyl halides is 1. The second-order valence-electron chi connectivity index (χ2n) is 5.01. The van der Waals surface area contributed by atoms with Gasteiger partial charge in [-0.3, -0.25) is 4.79 Å². The highest BCUT2D eigenvalue weighted by Crippen LogP contribution is 2.30. The van der Waals surface area contributed by atoms with Crippen LogP contribution < -0.4 is 5.32 Å². The zero-order chi connectivity index (χ0) is 13.1. The van der Waals surface area contributed by atoms with Gasteiger partial charge in [0, 0.05) is 11.4 Å². The fraction of sp³-hybridized carbons (Fsp3) is 0.500. The van der Waals surface area contributed by atoms with Crippen LogP contribution in [0.5, 0.6) is 5.75 Å². The maximum absolute atomic E-state index is 12.0. The van der Waals surface area contributed by atoms with Crippen molar-refractivity contribution in [1.29, 1.82) is 0 Å². The molecule has 98 valence electrons. The van der Waals surface area contributed by atoms with E-state index >= 15 is 0 Å². The van der Waals surface area contributed by atoms with Crippen molar-refractivity contribution in [2.75, 3.05) is 6.54 Å². The van der Waals surface area contributed by atoms with Gasteiger partial charge in [0.1, 0.15) is 5.75 Å². The molecule has 4 heteroatoms. The summed E-state index contributed by atoms with van der Waals surface area (Å²) in [6.45, 7) is 2.59. The van der Waals surface area contributed by atoms with Crippen molar-refractivity contribution in [1.82, 2.24) is 5.32 Å². The van der Waals surface area contributed by atoms with Gasteiger partial charge in [0.05, 0.1) is 5.56 Å². The monoisotopic (exact) mass is 311 g/mol. The van der Waals surface area contributed by atoms with Gasteiger partial charge in [-0.05, 0) is 44.2 Å². The molecular formula is C14H18BrNO2. The molecule has 0 spiro atoms. The van der Waals surface area contributed by atoms with Crippen molar-refractivity contribution in [2.45, 2.75) is 31.0 Å². The lowest BCUT2D eigenvalue weighted by molar-refractivity contribution is 0.0944. The summed E-state index contributed by atoms with van der Waals surface area (Å²) in [6.07, 6.45) is 3.44. The third-order valence-electron chi connectivity index (χ3n) is 3.43. The van der Waals surface area contributed by atoms with Gasteiger partial charge in [0.2, 0.25) is 0 Å². The summed E-state index contributed by atoms with van der Waals surface area (Å²) in [5, 5.41) is 12.6. The molecule has 0 aliphatic heterocycles. The van der Waals surface area contributed by atoms with E-state index in [1.165, 1.54) is 6.42 Å². The van der Waals surface area contributed by atoms with Gasteiger partial charge < -0.3 is 10.4 Å². The van der Waals surface area contributed by atoms with Gasteiger partial charge in [-0.2, -0.15) is 0 Å². The summed E-state index contributed by atoms with van der Waals surface area (Å²) in [4.78, 5) is 12.6. The van der Waals surface area contributed by atoms with Gasteiger partial charge in [-0.1, -0.05) is 27.6 Å². The highest BCUT2D eigenvalue weighted by Gasteiger charge is 2.23. The molecule has 0 saturated heterocycles. The van der Waals surface area contributed by atoms with E-state index in [1.807, 2.05) is 6.92 Å². The second kappa shape index (κ2) is 5.74. The number of hydrogen-bond acceptors (Lipinski definition) is 2. The molecule has 0 bridgehead atoms. The molecule has 0 aromatic heterocycles. The third-order valence-corrected chi connectivity index (χ3v) is 4.26. The molecule has 1 fully saturated rings. The molecule has 2 atom stereocenters. The number of hydrogen-bond donors (Lipinski definition) is 2. The average Bonchev–Trinajstić information content (AvgIpc) is 2.75. The van der Waals surface area contributed by atoms with E-state index < -0.39 is 0 Å². The number of carbonyl (C=O) groups excluding carboxylic acids is 1. The molecule has 1 saturated carbocycles. The quantitative estimate of drug-likeness (QED) is 0.843. The minimum absolute atomic E-state index is 0.0443. The van der Waals surface area contributed by atoms with E-state index in [0.717, 1.165) is 18.4 Å². The van der Waals surface area contributed by atoms with Crippen LogP contribution in [0.25, 0.3) is 0 Å². The van der Waals surface area contributed by atoms with Crippen LogP contribution in [0.2, 0.25) is 0 Å². The molecule has 2 N–H and O–H groups in total. The molecule has 1 aromatic rings. The fourth-order valence-electron chi connectivity index (χ4n) is 2.36. The Morgan fingerprint density at radius 3 is 2.94 bits per heavy atom. The predicted octanol–water partition coefficient (Wildman–Crippen LogP) is 2.99. The van der Waals surface area contributed by atoms with Crippen molar-refractivity contribution >= 4 is 21.8 Å². The number of rotatable bonds is 3. The highest BCUT2D eigenvalue weighted by molar-refractivity contribution is 9.09. The standard InChI is InChI=1S/C14H18BrNO2/c1-9-2-5-13(17)12(6-9)14(18)16-8-10-3-4-11(15)7-10/h2,5-6,10-11,17H,3-4,7-8H2,1H3,(H,16,18). The van der Waals surface area contributed by atoms with Crippen molar-refractivity contribution in [3.63, 3.8) is 0 Å². The number of phenols is 1. The topological polar surface area (TPSA) is 49.3 Å². The molecule has 0 heterocycles. The molecule has 18 heavy (non-hydrogen) atoms. The fourth-order valence-corrected chi connectivity index (χ4v) is 3.16. The van der Waals surface area contributed by atoms with Gasteiger partial charge in [0.15, 0.2) is 0 Å².